The normalized spacial score (nSPS) is 10.4. The van der Waals surface area contributed by atoms with Crippen LogP contribution in [0.1, 0.15) is 6.42 Å². The van der Waals surface area contributed by atoms with Crippen LogP contribution in [0, 0.1) is 0 Å². The molecule has 0 saturated heterocycles. The van der Waals surface area contributed by atoms with E-state index in [1.165, 1.54) is 0 Å². The fraction of sp³-hybridized carbons (Fsp3) is 0.250. The van der Waals surface area contributed by atoms with Gasteiger partial charge in [-0.3, -0.25) is 0 Å². The smallest absolute Gasteiger partial charge is 0.165 e. The van der Waals surface area contributed by atoms with Gasteiger partial charge in [-0.2, -0.15) is 0 Å². The van der Waals surface area contributed by atoms with E-state index in [0.29, 0.717) is 6.61 Å². The van der Waals surface area contributed by atoms with Crippen molar-refractivity contribution in [3.63, 3.8) is 0 Å². The summed E-state index contributed by atoms with van der Waals surface area (Å²) in [6, 6.07) is 7.45. The lowest BCUT2D eigenvalue weighted by atomic mass is 10.3. The minimum Gasteiger partial charge on any atom is -0.494 e. The number of aromatic amines is 1. The molecule has 2 rings (SSSR count). The number of nitrogens with two attached hydrogens (primary N) is 1. The van der Waals surface area contributed by atoms with Crippen molar-refractivity contribution < 1.29 is 4.74 Å². The first kappa shape index (κ1) is 11.9. The summed E-state index contributed by atoms with van der Waals surface area (Å²) in [6.07, 6.45) is 4.57. The van der Waals surface area contributed by atoms with Gasteiger partial charge in [0.1, 0.15) is 5.75 Å². The van der Waals surface area contributed by atoms with Crippen LogP contribution in [-0.2, 0) is 0 Å². The highest BCUT2D eigenvalue weighted by Crippen LogP contribution is 2.15. The minimum absolute atomic E-state index is 0.706. The van der Waals surface area contributed by atoms with Crippen LogP contribution in [0.2, 0.25) is 0 Å². The molecule has 0 unspecified atom stereocenters. The Kier molecular flexibility index (Phi) is 4.32. The summed E-state index contributed by atoms with van der Waals surface area (Å²) in [5, 5.41) is 0.956. The van der Waals surface area contributed by atoms with Crippen molar-refractivity contribution in [1.29, 1.82) is 0 Å². The molecule has 5 heteroatoms. The summed E-state index contributed by atoms with van der Waals surface area (Å²) in [4.78, 5) is 7.18. The van der Waals surface area contributed by atoms with Gasteiger partial charge in [0.2, 0.25) is 0 Å². The van der Waals surface area contributed by atoms with E-state index >= 15 is 0 Å². The van der Waals surface area contributed by atoms with E-state index in [2.05, 4.69) is 9.97 Å². The Morgan fingerprint density at radius 1 is 1.29 bits per heavy atom. The summed E-state index contributed by atoms with van der Waals surface area (Å²) in [6.45, 7) is 0.706. The van der Waals surface area contributed by atoms with Crippen molar-refractivity contribution in [2.24, 2.45) is 0 Å². The molecule has 90 valence electrons. The maximum atomic E-state index is 5.59. The molecule has 0 radical (unpaired) electrons. The van der Waals surface area contributed by atoms with Crippen molar-refractivity contribution in [1.82, 2.24) is 9.97 Å². The lowest BCUT2D eigenvalue weighted by molar-refractivity contribution is 0.319. The predicted molar refractivity (Wildman–Crippen MR) is 70.3 cm³/mol. The molecule has 0 fully saturated rings. The third-order valence-corrected chi connectivity index (χ3v) is 3.14. The first-order valence-electron chi connectivity index (χ1n) is 5.45. The van der Waals surface area contributed by atoms with E-state index in [0.717, 1.165) is 28.8 Å². The summed E-state index contributed by atoms with van der Waals surface area (Å²) < 4.78 is 5.58. The first-order valence-corrected chi connectivity index (χ1v) is 6.44. The average Bonchev–Trinajstić information content (AvgIpc) is 2.84. The summed E-state index contributed by atoms with van der Waals surface area (Å²) in [5.74, 6) is 1.85. The number of thioether (sulfide) groups is 1. The van der Waals surface area contributed by atoms with Gasteiger partial charge >= 0.3 is 0 Å². The Balaban J connectivity index is 1.61. The molecule has 0 aliphatic rings. The van der Waals surface area contributed by atoms with Crippen molar-refractivity contribution in [2.75, 3.05) is 18.1 Å². The molecule has 0 spiro atoms. The number of aromatic nitrogens is 2. The lowest BCUT2D eigenvalue weighted by Gasteiger charge is -2.05. The van der Waals surface area contributed by atoms with Crippen LogP contribution in [0.25, 0.3) is 0 Å². The molecule has 1 aromatic heterocycles. The van der Waals surface area contributed by atoms with Gasteiger partial charge in [0.05, 0.1) is 6.61 Å². The predicted octanol–water partition coefficient (Wildman–Crippen LogP) is 2.55. The van der Waals surface area contributed by atoms with E-state index in [1.54, 1.807) is 18.0 Å². The fourth-order valence-corrected chi connectivity index (χ4v) is 2.05. The molecule has 1 aromatic carbocycles. The second-order valence-electron chi connectivity index (χ2n) is 3.51. The highest BCUT2D eigenvalue weighted by molar-refractivity contribution is 7.99. The van der Waals surface area contributed by atoms with Crippen LogP contribution in [0.4, 0.5) is 5.69 Å². The third kappa shape index (κ3) is 4.03. The van der Waals surface area contributed by atoms with Gasteiger partial charge in [-0.25, -0.2) is 4.98 Å². The number of hydrogen-bond donors (Lipinski definition) is 2. The molecule has 1 heterocycles. The largest absolute Gasteiger partial charge is 0.494 e. The number of H-pyrrole nitrogens is 1. The van der Waals surface area contributed by atoms with Gasteiger partial charge in [0, 0.05) is 23.8 Å². The Morgan fingerprint density at radius 3 is 2.82 bits per heavy atom. The fourth-order valence-electron chi connectivity index (χ4n) is 1.31. The maximum Gasteiger partial charge on any atom is 0.165 e. The van der Waals surface area contributed by atoms with Gasteiger partial charge < -0.3 is 15.5 Å². The SMILES string of the molecule is Nc1ccc(OCCCSc2ncc[nH]2)cc1. The minimum atomic E-state index is 0.706. The molecule has 0 saturated carbocycles. The molecular formula is C12H15N3OS. The van der Waals surface area contributed by atoms with Crippen LogP contribution >= 0.6 is 11.8 Å². The molecule has 0 aliphatic carbocycles. The van der Waals surface area contributed by atoms with Crippen molar-refractivity contribution in [3.05, 3.63) is 36.7 Å². The molecule has 0 aliphatic heterocycles. The van der Waals surface area contributed by atoms with Crippen LogP contribution in [-0.4, -0.2) is 22.3 Å². The van der Waals surface area contributed by atoms with Crippen molar-refractivity contribution in [3.8, 4) is 5.75 Å². The van der Waals surface area contributed by atoms with E-state index in [4.69, 9.17) is 10.5 Å². The number of benzene rings is 1. The van der Waals surface area contributed by atoms with Gasteiger partial charge in [0.15, 0.2) is 5.16 Å². The summed E-state index contributed by atoms with van der Waals surface area (Å²) >= 11 is 1.70. The molecule has 0 atom stereocenters. The molecule has 3 N–H and O–H groups in total. The second kappa shape index (κ2) is 6.20. The number of anilines is 1. The van der Waals surface area contributed by atoms with E-state index in [9.17, 15) is 0 Å². The number of rotatable bonds is 6. The Morgan fingerprint density at radius 2 is 2.12 bits per heavy atom. The Hall–Kier alpha value is -1.62. The number of nitrogens with one attached hydrogen (secondary N) is 1. The van der Waals surface area contributed by atoms with Crippen molar-refractivity contribution >= 4 is 17.4 Å². The molecule has 17 heavy (non-hydrogen) atoms. The average molecular weight is 249 g/mol. The molecule has 2 aromatic rings. The zero-order valence-electron chi connectivity index (χ0n) is 9.43. The van der Waals surface area contributed by atoms with Gasteiger partial charge in [-0.1, -0.05) is 11.8 Å². The summed E-state index contributed by atoms with van der Waals surface area (Å²) in [5.41, 5.74) is 6.34. The molecule has 0 bridgehead atoms. The topological polar surface area (TPSA) is 63.9 Å². The monoisotopic (exact) mass is 249 g/mol. The highest BCUT2D eigenvalue weighted by Gasteiger charge is 1.96. The first-order chi connectivity index (χ1) is 8.34. The number of hydrogen-bond acceptors (Lipinski definition) is 4. The van der Waals surface area contributed by atoms with Crippen LogP contribution in [0.15, 0.2) is 41.8 Å². The van der Waals surface area contributed by atoms with E-state index < -0.39 is 0 Å². The number of nitrogen functional groups attached to an aromatic ring is 1. The Bertz CT molecular complexity index is 428. The maximum absolute atomic E-state index is 5.59. The molecule has 4 nitrogen and oxygen atoms in total. The Labute approximate surface area is 105 Å². The second-order valence-corrected chi connectivity index (χ2v) is 4.60. The number of imidazole rings is 1. The highest BCUT2D eigenvalue weighted by atomic mass is 32.2. The molecular weight excluding hydrogens is 234 g/mol. The van der Waals surface area contributed by atoms with Gasteiger partial charge in [0.25, 0.3) is 0 Å². The zero-order valence-corrected chi connectivity index (χ0v) is 10.2. The van der Waals surface area contributed by atoms with E-state index in [1.807, 2.05) is 30.5 Å². The van der Waals surface area contributed by atoms with E-state index in [-0.39, 0.29) is 0 Å². The quantitative estimate of drug-likeness (QED) is 0.469. The zero-order chi connectivity index (χ0) is 11.9. The van der Waals surface area contributed by atoms with Crippen LogP contribution in [0.3, 0.4) is 0 Å². The number of nitrogens with zero attached hydrogens (tertiary/aromatic N) is 1. The van der Waals surface area contributed by atoms with Crippen LogP contribution in [0.5, 0.6) is 5.75 Å². The number of ether oxygens (including phenoxy) is 1. The lowest BCUT2D eigenvalue weighted by Crippen LogP contribution is -1.99. The summed E-state index contributed by atoms with van der Waals surface area (Å²) in [7, 11) is 0. The van der Waals surface area contributed by atoms with Crippen LogP contribution < -0.4 is 10.5 Å². The van der Waals surface area contributed by atoms with Gasteiger partial charge in [-0.15, -0.1) is 0 Å². The van der Waals surface area contributed by atoms with Gasteiger partial charge in [-0.05, 0) is 30.7 Å². The standard InChI is InChI=1S/C12H15N3OS/c13-10-2-4-11(5-3-10)16-8-1-9-17-12-14-6-7-15-12/h2-7H,1,8-9,13H2,(H,14,15). The third-order valence-electron chi connectivity index (χ3n) is 2.15. The molecule has 0 amide bonds. The van der Waals surface area contributed by atoms with Crippen molar-refractivity contribution in [2.45, 2.75) is 11.6 Å².